The second-order valence-electron chi connectivity index (χ2n) is 4.88. The van der Waals surface area contributed by atoms with Crippen LogP contribution in [-0.4, -0.2) is 14.3 Å². The second kappa shape index (κ2) is 6.06. The van der Waals surface area contributed by atoms with Gasteiger partial charge in [-0.05, 0) is 38.8 Å². The van der Waals surface area contributed by atoms with E-state index < -0.39 is 0 Å². The average Bonchev–Trinajstić information content (AvgIpc) is 2.64. The monoisotopic (exact) mass is 309 g/mol. The maximum Gasteiger partial charge on any atom is 0.125 e. The quantitative estimate of drug-likeness (QED) is 0.801. The molecule has 0 aliphatic carbocycles. The van der Waals surface area contributed by atoms with Gasteiger partial charge in [0.2, 0.25) is 0 Å². The average molecular weight is 310 g/mol. The first-order valence-corrected chi connectivity index (χ1v) is 7.17. The fourth-order valence-electron chi connectivity index (χ4n) is 2.48. The molecule has 0 radical (unpaired) electrons. The Labute approximate surface area is 131 Å². The molecular weight excluding hydrogens is 286 g/mol. The molecule has 0 atom stereocenters. The zero-order valence-electron chi connectivity index (χ0n) is 12.0. The Kier molecular flexibility index (Phi) is 5.10. The summed E-state index contributed by atoms with van der Waals surface area (Å²) in [6.07, 6.45) is 0. The van der Waals surface area contributed by atoms with Gasteiger partial charge in [-0.3, -0.25) is 9.78 Å². The summed E-state index contributed by atoms with van der Waals surface area (Å²) in [5.74, 6) is 0. The number of aryl methyl sites for hydroxylation is 3. The lowest BCUT2D eigenvalue weighted by Gasteiger charge is -2.14. The van der Waals surface area contributed by atoms with Gasteiger partial charge in [0, 0.05) is 19.2 Å². The highest BCUT2D eigenvalue weighted by Gasteiger charge is 2.14. The molecule has 110 valence electrons. The first kappa shape index (κ1) is 16.9. The number of hydrogen-bond acceptors (Lipinski definition) is 2. The van der Waals surface area contributed by atoms with Crippen LogP contribution in [0.2, 0.25) is 0 Å². The van der Waals surface area contributed by atoms with E-state index in [1.165, 1.54) is 5.56 Å². The van der Waals surface area contributed by atoms with Gasteiger partial charge in [-0.15, -0.1) is 0 Å². The smallest absolute Gasteiger partial charge is 0.125 e. The topological polar surface area (TPSA) is 25.6 Å². The first-order valence-electron chi connectivity index (χ1n) is 6.35. The number of aromatic amines is 1. The third-order valence-corrected chi connectivity index (χ3v) is 4.65. The number of hydrogen-bond donors (Lipinski definition) is 1. The van der Waals surface area contributed by atoms with Gasteiger partial charge in [-0.25, -0.2) is 0 Å². The number of rotatable bonds is 2. The summed E-state index contributed by atoms with van der Waals surface area (Å²) in [4.78, 5) is 0. The van der Waals surface area contributed by atoms with Gasteiger partial charge in [0.05, 0.1) is 11.4 Å². The zero-order valence-corrected chi connectivity index (χ0v) is 13.6. The highest BCUT2D eigenvalue weighted by Crippen LogP contribution is 2.27. The molecule has 0 unspecified atom stereocenters. The molecule has 0 bridgehead atoms. The van der Waals surface area contributed by atoms with E-state index in [4.69, 9.17) is 24.4 Å². The fourth-order valence-corrected chi connectivity index (χ4v) is 2.91. The summed E-state index contributed by atoms with van der Waals surface area (Å²) in [5, 5.41) is 3.39. The Balaban J connectivity index is 0.00000200. The van der Waals surface area contributed by atoms with Crippen molar-refractivity contribution >= 4 is 24.4 Å². The lowest BCUT2D eigenvalue weighted by molar-refractivity contribution is 0.651. The molecule has 2 rings (SSSR count). The van der Waals surface area contributed by atoms with Crippen molar-refractivity contribution in [2.45, 2.75) is 41.7 Å². The van der Waals surface area contributed by atoms with E-state index in [1.807, 2.05) is 18.7 Å². The number of pyridine rings is 1. The molecule has 5 heteroatoms. The van der Waals surface area contributed by atoms with Crippen LogP contribution in [0.25, 0.3) is 11.4 Å². The standard InChI is InChI=1S/C14H19N3S2.CH4/c1-6-17-14(19)10(4)11(15-17)12-8(2)7-9(3)13(18)16(12)5;/h7,15H,6H2,1-5H3;1H4. The third kappa shape index (κ3) is 2.52. The van der Waals surface area contributed by atoms with Crippen molar-refractivity contribution < 1.29 is 0 Å². The van der Waals surface area contributed by atoms with E-state index in [0.29, 0.717) is 0 Å². The Hall–Kier alpha value is -1.20. The summed E-state index contributed by atoms with van der Waals surface area (Å²) < 4.78 is 5.78. The highest BCUT2D eigenvalue weighted by atomic mass is 32.1. The van der Waals surface area contributed by atoms with Gasteiger partial charge >= 0.3 is 0 Å². The molecule has 2 aromatic rings. The predicted molar refractivity (Wildman–Crippen MR) is 91.5 cm³/mol. The van der Waals surface area contributed by atoms with Crippen LogP contribution in [0.3, 0.4) is 0 Å². The van der Waals surface area contributed by atoms with Crippen molar-refractivity contribution in [3.8, 4) is 11.4 Å². The van der Waals surface area contributed by atoms with Crippen molar-refractivity contribution in [2.75, 3.05) is 0 Å². The van der Waals surface area contributed by atoms with Crippen molar-refractivity contribution in [3.63, 3.8) is 0 Å². The molecule has 0 aliphatic rings. The summed E-state index contributed by atoms with van der Waals surface area (Å²) in [7, 11) is 2.01. The molecule has 2 heterocycles. The Morgan fingerprint density at radius 2 is 1.70 bits per heavy atom. The molecule has 0 saturated heterocycles. The van der Waals surface area contributed by atoms with Crippen LogP contribution in [0.4, 0.5) is 0 Å². The lowest BCUT2D eigenvalue weighted by Crippen LogP contribution is -2.04. The van der Waals surface area contributed by atoms with Gasteiger partial charge in [0.15, 0.2) is 0 Å². The normalized spacial score (nSPS) is 10.4. The molecule has 0 spiro atoms. The minimum atomic E-state index is 0. The number of aromatic nitrogens is 3. The second-order valence-corrected chi connectivity index (χ2v) is 5.66. The summed E-state index contributed by atoms with van der Waals surface area (Å²) >= 11 is 10.9. The van der Waals surface area contributed by atoms with Gasteiger partial charge in [-0.1, -0.05) is 37.9 Å². The zero-order chi connectivity index (χ0) is 14.3. The van der Waals surface area contributed by atoms with Gasteiger partial charge in [0.25, 0.3) is 0 Å². The highest BCUT2D eigenvalue weighted by molar-refractivity contribution is 7.71. The third-order valence-electron chi connectivity index (χ3n) is 3.52. The van der Waals surface area contributed by atoms with Gasteiger partial charge in [0.1, 0.15) is 9.28 Å². The SMILES string of the molecule is C.CCn1[nH]c(-c2c(C)cc(C)c(=S)n2C)c(C)c1=S. The van der Waals surface area contributed by atoms with Crippen LogP contribution < -0.4 is 0 Å². The minimum Gasteiger partial charge on any atom is -0.334 e. The predicted octanol–water partition coefficient (Wildman–Crippen LogP) is 4.86. The van der Waals surface area contributed by atoms with Crippen LogP contribution in [0.5, 0.6) is 0 Å². The molecule has 0 aliphatic heterocycles. The van der Waals surface area contributed by atoms with Crippen LogP contribution in [-0.2, 0) is 13.6 Å². The number of H-pyrrole nitrogens is 1. The molecule has 3 nitrogen and oxygen atoms in total. The molecular formula is C15H23N3S2. The maximum absolute atomic E-state index is 5.47. The van der Waals surface area contributed by atoms with Crippen molar-refractivity contribution in [1.82, 2.24) is 14.3 Å². The first-order chi connectivity index (χ1) is 8.88. The Morgan fingerprint density at radius 3 is 2.20 bits per heavy atom. The molecule has 0 aromatic carbocycles. The van der Waals surface area contributed by atoms with E-state index in [2.05, 4.69) is 36.5 Å². The van der Waals surface area contributed by atoms with Crippen LogP contribution in [0.1, 0.15) is 31.0 Å². The maximum atomic E-state index is 5.47. The fraction of sp³-hybridized carbons (Fsp3) is 0.467. The molecule has 1 N–H and O–H groups in total. The van der Waals surface area contributed by atoms with Crippen molar-refractivity contribution in [2.24, 2.45) is 7.05 Å². The van der Waals surface area contributed by atoms with E-state index in [1.54, 1.807) is 0 Å². The minimum absolute atomic E-state index is 0. The molecule has 2 aromatic heterocycles. The molecule has 20 heavy (non-hydrogen) atoms. The molecule has 0 amide bonds. The molecule has 0 saturated carbocycles. The van der Waals surface area contributed by atoms with Crippen LogP contribution in [0, 0.1) is 30.1 Å². The van der Waals surface area contributed by atoms with Gasteiger partial charge in [-0.2, -0.15) is 0 Å². The van der Waals surface area contributed by atoms with E-state index >= 15 is 0 Å². The summed E-state index contributed by atoms with van der Waals surface area (Å²) in [6, 6.07) is 2.14. The summed E-state index contributed by atoms with van der Waals surface area (Å²) in [5.41, 5.74) is 5.62. The van der Waals surface area contributed by atoms with Crippen molar-refractivity contribution in [3.05, 3.63) is 32.0 Å². The molecule has 0 fully saturated rings. The van der Waals surface area contributed by atoms with Crippen LogP contribution >= 0.6 is 24.4 Å². The number of nitrogens with one attached hydrogen (secondary N) is 1. The van der Waals surface area contributed by atoms with E-state index in [9.17, 15) is 0 Å². The van der Waals surface area contributed by atoms with E-state index in [0.717, 1.165) is 38.3 Å². The Bertz CT molecular complexity index is 748. The largest absolute Gasteiger partial charge is 0.334 e. The van der Waals surface area contributed by atoms with Gasteiger partial charge < -0.3 is 4.57 Å². The van der Waals surface area contributed by atoms with E-state index in [-0.39, 0.29) is 7.43 Å². The number of nitrogens with zero attached hydrogens (tertiary/aromatic N) is 2. The van der Waals surface area contributed by atoms with Crippen molar-refractivity contribution in [1.29, 1.82) is 0 Å². The summed E-state index contributed by atoms with van der Waals surface area (Å²) in [6.45, 7) is 9.13. The lowest BCUT2D eigenvalue weighted by atomic mass is 10.1. The van der Waals surface area contributed by atoms with Crippen LogP contribution in [0.15, 0.2) is 6.07 Å². The Morgan fingerprint density at radius 1 is 1.10 bits per heavy atom.